The Balaban J connectivity index is 2.20. The van der Waals surface area contributed by atoms with E-state index in [-0.39, 0.29) is 0 Å². The fraction of sp³-hybridized carbons (Fsp3) is 0. The van der Waals surface area contributed by atoms with Crippen LogP contribution in [-0.4, -0.2) is 4.98 Å². The number of hydrogen-bond acceptors (Lipinski definition) is 3. The van der Waals surface area contributed by atoms with Gasteiger partial charge in [-0.2, -0.15) is 0 Å². The van der Waals surface area contributed by atoms with Crippen molar-refractivity contribution in [3.05, 3.63) is 46.0 Å². The Morgan fingerprint density at radius 3 is 2.69 bits per heavy atom. The van der Waals surface area contributed by atoms with E-state index in [1.54, 1.807) is 12.3 Å². The van der Waals surface area contributed by atoms with Crippen molar-refractivity contribution in [3.8, 4) is 0 Å². The molecule has 0 aliphatic rings. The molecule has 1 heterocycles. The Bertz CT molecular complexity index is 499. The van der Waals surface area contributed by atoms with Crippen LogP contribution < -0.4 is 11.1 Å². The Morgan fingerprint density at radius 2 is 2.06 bits per heavy atom. The van der Waals surface area contributed by atoms with Gasteiger partial charge in [0.2, 0.25) is 0 Å². The smallest absolute Gasteiger partial charge is 0.130 e. The van der Waals surface area contributed by atoms with E-state index in [2.05, 4.69) is 26.2 Å². The number of nitrogens with one attached hydrogen (secondary N) is 1. The van der Waals surface area contributed by atoms with Gasteiger partial charge in [-0.25, -0.2) is 4.98 Å². The van der Waals surface area contributed by atoms with Crippen molar-refractivity contribution < 1.29 is 0 Å². The Morgan fingerprint density at radius 1 is 1.25 bits per heavy atom. The monoisotopic (exact) mass is 297 g/mol. The molecule has 0 spiro atoms. The Labute approximate surface area is 107 Å². The molecule has 0 radical (unpaired) electrons. The van der Waals surface area contributed by atoms with Crippen molar-refractivity contribution in [1.82, 2.24) is 4.98 Å². The molecule has 0 saturated carbocycles. The van der Waals surface area contributed by atoms with Crippen LogP contribution in [-0.2, 0) is 0 Å². The highest BCUT2D eigenvalue weighted by molar-refractivity contribution is 9.10. The summed E-state index contributed by atoms with van der Waals surface area (Å²) in [6, 6.07) is 9.19. The third kappa shape index (κ3) is 2.65. The van der Waals surface area contributed by atoms with E-state index in [0.717, 1.165) is 16.0 Å². The first kappa shape index (κ1) is 11.2. The molecule has 3 nitrogen and oxygen atoms in total. The topological polar surface area (TPSA) is 50.9 Å². The maximum Gasteiger partial charge on any atom is 0.130 e. The second-order valence-electron chi connectivity index (χ2n) is 3.23. The summed E-state index contributed by atoms with van der Waals surface area (Å²) in [6.45, 7) is 0. The molecule has 0 saturated heterocycles. The average Bonchev–Trinajstić information content (AvgIpc) is 2.27. The van der Waals surface area contributed by atoms with Crippen LogP contribution in [0.2, 0.25) is 5.02 Å². The lowest BCUT2D eigenvalue weighted by molar-refractivity contribution is 1.31. The van der Waals surface area contributed by atoms with Crippen molar-refractivity contribution in [2.45, 2.75) is 0 Å². The molecule has 82 valence electrons. The molecule has 1 aromatic carbocycles. The van der Waals surface area contributed by atoms with Gasteiger partial charge in [0.25, 0.3) is 0 Å². The van der Waals surface area contributed by atoms with Crippen LogP contribution in [0, 0.1) is 0 Å². The van der Waals surface area contributed by atoms with E-state index in [1.807, 2.05) is 24.3 Å². The molecule has 5 heteroatoms. The predicted octanol–water partition coefficient (Wildman–Crippen LogP) is 3.82. The van der Waals surface area contributed by atoms with Gasteiger partial charge in [0, 0.05) is 10.2 Å². The van der Waals surface area contributed by atoms with Crippen molar-refractivity contribution in [2.24, 2.45) is 0 Å². The van der Waals surface area contributed by atoms with Gasteiger partial charge in [0.1, 0.15) is 5.82 Å². The molecule has 3 N–H and O–H groups in total. The van der Waals surface area contributed by atoms with Crippen molar-refractivity contribution in [2.75, 3.05) is 11.1 Å². The van der Waals surface area contributed by atoms with E-state index in [4.69, 9.17) is 17.3 Å². The number of nitrogen functional groups attached to an aromatic ring is 1. The molecule has 0 aliphatic heterocycles. The van der Waals surface area contributed by atoms with Gasteiger partial charge in [-0.15, -0.1) is 0 Å². The van der Waals surface area contributed by atoms with Gasteiger partial charge in [-0.05, 0) is 46.3 Å². The second kappa shape index (κ2) is 4.72. The van der Waals surface area contributed by atoms with E-state index in [0.29, 0.717) is 10.7 Å². The van der Waals surface area contributed by atoms with Crippen molar-refractivity contribution in [3.63, 3.8) is 0 Å². The van der Waals surface area contributed by atoms with Crippen LogP contribution in [0.5, 0.6) is 0 Å². The highest BCUT2D eigenvalue weighted by atomic mass is 79.9. The standard InChI is InChI=1S/C11H9BrClN3/c12-9-5-8(2-3-10(9)13)16-11-4-1-7(14)6-15-11/h1-6H,14H2,(H,15,16). The van der Waals surface area contributed by atoms with Crippen LogP contribution in [0.3, 0.4) is 0 Å². The first-order valence-electron chi connectivity index (χ1n) is 4.59. The van der Waals surface area contributed by atoms with Gasteiger partial charge in [-0.1, -0.05) is 11.6 Å². The van der Waals surface area contributed by atoms with Crippen LogP contribution in [0.4, 0.5) is 17.2 Å². The number of nitrogens with zero attached hydrogens (tertiary/aromatic N) is 1. The summed E-state index contributed by atoms with van der Waals surface area (Å²) in [5.74, 6) is 0.739. The zero-order valence-electron chi connectivity index (χ0n) is 8.24. The second-order valence-corrected chi connectivity index (χ2v) is 4.49. The van der Waals surface area contributed by atoms with Gasteiger partial charge in [0.15, 0.2) is 0 Å². The Kier molecular flexibility index (Phi) is 3.31. The fourth-order valence-electron chi connectivity index (χ4n) is 1.20. The number of anilines is 3. The SMILES string of the molecule is Nc1ccc(Nc2ccc(Cl)c(Br)c2)nc1. The van der Waals surface area contributed by atoms with Crippen molar-refractivity contribution >= 4 is 44.7 Å². The zero-order valence-corrected chi connectivity index (χ0v) is 10.6. The molecule has 0 fully saturated rings. The third-order valence-electron chi connectivity index (χ3n) is 1.98. The van der Waals surface area contributed by atoms with Gasteiger partial charge < -0.3 is 11.1 Å². The quantitative estimate of drug-likeness (QED) is 0.886. The lowest BCUT2D eigenvalue weighted by Crippen LogP contribution is -1.94. The van der Waals surface area contributed by atoms with E-state index in [9.17, 15) is 0 Å². The highest BCUT2D eigenvalue weighted by Crippen LogP contribution is 2.26. The molecular formula is C11H9BrClN3. The van der Waals surface area contributed by atoms with Crippen LogP contribution in [0.25, 0.3) is 0 Å². The summed E-state index contributed by atoms with van der Waals surface area (Å²) in [7, 11) is 0. The number of hydrogen-bond donors (Lipinski definition) is 2. The average molecular weight is 299 g/mol. The maximum absolute atomic E-state index is 5.90. The number of aromatic nitrogens is 1. The molecular weight excluding hydrogens is 289 g/mol. The normalized spacial score (nSPS) is 10.1. The largest absolute Gasteiger partial charge is 0.397 e. The highest BCUT2D eigenvalue weighted by Gasteiger charge is 2.00. The first-order valence-corrected chi connectivity index (χ1v) is 5.76. The lowest BCUT2D eigenvalue weighted by atomic mass is 10.3. The predicted molar refractivity (Wildman–Crippen MR) is 71.1 cm³/mol. The van der Waals surface area contributed by atoms with E-state index >= 15 is 0 Å². The van der Waals surface area contributed by atoms with Gasteiger partial charge >= 0.3 is 0 Å². The van der Waals surface area contributed by atoms with Crippen LogP contribution >= 0.6 is 27.5 Å². The van der Waals surface area contributed by atoms with E-state index in [1.165, 1.54) is 0 Å². The summed E-state index contributed by atoms with van der Waals surface area (Å²) in [5.41, 5.74) is 7.10. The zero-order chi connectivity index (χ0) is 11.5. The molecule has 0 atom stereocenters. The fourth-order valence-corrected chi connectivity index (χ4v) is 1.70. The Hall–Kier alpha value is -1.26. The molecule has 16 heavy (non-hydrogen) atoms. The summed E-state index contributed by atoms with van der Waals surface area (Å²) in [5, 5.41) is 3.82. The molecule has 0 amide bonds. The molecule has 0 aliphatic carbocycles. The minimum atomic E-state index is 0.642. The lowest BCUT2D eigenvalue weighted by Gasteiger charge is -2.06. The molecule has 2 aromatic rings. The molecule has 1 aromatic heterocycles. The number of rotatable bonds is 2. The summed E-state index contributed by atoms with van der Waals surface area (Å²) in [4.78, 5) is 4.14. The molecule has 2 rings (SSSR count). The van der Waals surface area contributed by atoms with E-state index < -0.39 is 0 Å². The minimum absolute atomic E-state index is 0.642. The number of nitrogens with two attached hydrogens (primary N) is 1. The van der Waals surface area contributed by atoms with Gasteiger partial charge in [-0.3, -0.25) is 0 Å². The summed E-state index contributed by atoms with van der Waals surface area (Å²) in [6.07, 6.45) is 1.60. The maximum atomic E-state index is 5.90. The molecule has 0 bridgehead atoms. The minimum Gasteiger partial charge on any atom is -0.397 e. The molecule has 0 unspecified atom stereocenters. The van der Waals surface area contributed by atoms with Crippen LogP contribution in [0.1, 0.15) is 0 Å². The number of halogens is 2. The van der Waals surface area contributed by atoms with Crippen molar-refractivity contribution in [1.29, 1.82) is 0 Å². The number of benzene rings is 1. The number of pyridine rings is 1. The van der Waals surface area contributed by atoms with Gasteiger partial charge in [0.05, 0.1) is 16.9 Å². The first-order chi connectivity index (χ1) is 7.65. The third-order valence-corrected chi connectivity index (χ3v) is 3.19. The summed E-state index contributed by atoms with van der Waals surface area (Å²) < 4.78 is 0.842. The summed E-state index contributed by atoms with van der Waals surface area (Å²) >= 11 is 9.26. The van der Waals surface area contributed by atoms with Crippen LogP contribution in [0.15, 0.2) is 41.0 Å².